The average molecular weight is 467 g/mol. The lowest BCUT2D eigenvalue weighted by Gasteiger charge is -2.18. The Balaban J connectivity index is 2.22. The SMILES string of the molecule is COc1ccc(S(=O)(=O)N[C@@H](C)C(=O)Nc2ccc(Cl)cc2C(F)(F)F)cc1OC. The maximum absolute atomic E-state index is 13.2. The van der Waals surface area contributed by atoms with Crippen molar-refractivity contribution in [2.75, 3.05) is 19.5 Å². The van der Waals surface area contributed by atoms with Gasteiger partial charge in [0.05, 0.1) is 36.4 Å². The van der Waals surface area contributed by atoms with Crippen LogP contribution in [0.5, 0.6) is 11.5 Å². The zero-order chi connectivity index (χ0) is 22.7. The molecule has 0 aliphatic rings. The number of carbonyl (C=O) groups is 1. The molecule has 1 atom stereocenters. The second kappa shape index (κ2) is 9.11. The first-order chi connectivity index (χ1) is 13.9. The van der Waals surface area contributed by atoms with E-state index >= 15 is 0 Å². The lowest BCUT2D eigenvalue weighted by atomic mass is 10.1. The molecule has 0 saturated carbocycles. The summed E-state index contributed by atoms with van der Waals surface area (Å²) >= 11 is 5.60. The topological polar surface area (TPSA) is 93.7 Å². The Labute approximate surface area is 176 Å². The quantitative estimate of drug-likeness (QED) is 0.649. The highest BCUT2D eigenvalue weighted by Crippen LogP contribution is 2.36. The van der Waals surface area contributed by atoms with Crippen LogP contribution in [0.4, 0.5) is 18.9 Å². The molecule has 0 spiro atoms. The van der Waals surface area contributed by atoms with E-state index in [1.807, 2.05) is 0 Å². The molecule has 12 heteroatoms. The van der Waals surface area contributed by atoms with Gasteiger partial charge < -0.3 is 14.8 Å². The summed E-state index contributed by atoms with van der Waals surface area (Å²) in [6, 6.07) is 5.21. The molecule has 0 heterocycles. The largest absolute Gasteiger partial charge is 0.493 e. The first-order valence-electron chi connectivity index (χ1n) is 8.31. The lowest BCUT2D eigenvalue weighted by Crippen LogP contribution is -2.41. The van der Waals surface area contributed by atoms with Gasteiger partial charge in [0.25, 0.3) is 0 Å². The van der Waals surface area contributed by atoms with Gasteiger partial charge in [0.15, 0.2) is 11.5 Å². The summed E-state index contributed by atoms with van der Waals surface area (Å²) in [5.74, 6) is -0.551. The van der Waals surface area contributed by atoms with E-state index in [1.54, 1.807) is 0 Å². The van der Waals surface area contributed by atoms with Crippen molar-refractivity contribution in [2.45, 2.75) is 24.0 Å². The molecular weight excluding hydrogens is 449 g/mol. The smallest absolute Gasteiger partial charge is 0.418 e. The predicted octanol–water partition coefficient (Wildman–Crippen LogP) is 3.68. The fraction of sp³-hybridized carbons (Fsp3) is 0.278. The summed E-state index contributed by atoms with van der Waals surface area (Å²) < 4.78 is 76.8. The van der Waals surface area contributed by atoms with Crippen LogP contribution >= 0.6 is 11.6 Å². The van der Waals surface area contributed by atoms with E-state index in [1.165, 1.54) is 45.4 Å². The van der Waals surface area contributed by atoms with E-state index in [4.69, 9.17) is 21.1 Å². The molecule has 0 unspecified atom stereocenters. The molecule has 0 radical (unpaired) electrons. The molecule has 164 valence electrons. The fourth-order valence-electron chi connectivity index (χ4n) is 2.44. The van der Waals surface area contributed by atoms with Gasteiger partial charge in [-0.3, -0.25) is 4.79 Å². The van der Waals surface area contributed by atoms with E-state index in [9.17, 15) is 26.4 Å². The van der Waals surface area contributed by atoms with Crippen LogP contribution in [0.1, 0.15) is 12.5 Å². The number of anilines is 1. The van der Waals surface area contributed by atoms with E-state index in [0.29, 0.717) is 11.8 Å². The summed E-state index contributed by atoms with van der Waals surface area (Å²) in [6.07, 6.45) is -4.77. The molecule has 0 saturated heterocycles. The average Bonchev–Trinajstić information content (AvgIpc) is 2.67. The number of carbonyl (C=O) groups excluding carboxylic acids is 1. The van der Waals surface area contributed by atoms with Crippen molar-refractivity contribution >= 4 is 33.2 Å². The Morgan fingerprint density at radius 2 is 1.70 bits per heavy atom. The fourth-order valence-corrected chi connectivity index (χ4v) is 3.83. The Morgan fingerprint density at radius 3 is 2.27 bits per heavy atom. The van der Waals surface area contributed by atoms with Gasteiger partial charge in [0, 0.05) is 11.1 Å². The van der Waals surface area contributed by atoms with Crippen molar-refractivity contribution in [3.05, 3.63) is 47.0 Å². The van der Waals surface area contributed by atoms with Gasteiger partial charge in [-0.05, 0) is 37.3 Å². The molecule has 30 heavy (non-hydrogen) atoms. The van der Waals surface area contributed by atoms with Crippen molar-refractivity contribution in [1.29, 1.82) is 0 Å². The zero-order valence-electron chi connectivity index (χ0n) is 16.0. The first kappa shape index (κ1) is 23.8. The first-order valence-corrected chi connectivity index (χ1v) is 10.2. The zero-order valence-corrected chi connectivity index (χ0v) is 17.6. The summed E-state index contributed by atoms with van der Waals surface area (Å²) in [5.41, 5.74) is -1.70. The van der Waals surface area contributed by atoms with Crippen LogP contribution in [-0.4, -0.2) is 34.6 Å². The molecule has 2 aromatic rings. The number of sulfonamides is 1. The molecular formula is C18H18ClF3N2O5S. The van der Waals surface area contributed by atoms with Gasteiger partial charge in [-0.15, -0.1) is 0 Å². The molecule has 0 bridgehead atoms. The summed E-state index contributed by atoms with van der Waals surface area (Å²) in [6.45, 7) is 1.19. The van der Waals surface area contributed by atoms with Gasteiger partial charge in [0.2, 0.25) is 15.9 Å². The van der Waals surface area contributed by atoms with Gasteiger partial charge in [-0.25, -0.2) is 8.42 Å². The van der Waals surface area contributed by atoms with Crippen molar-refractivity contribution in [3.8, 4) is 11.5 Å². The van der Waals surface area contributed by atoms with Crippen LogP contribution in [0.25, 0.3) is 0 Å². The molecule has 0 aliphatic carbocycles. The normalized spacial score (nSPS) is 12.9. The molecule has 2 rings (SSSR count). The van der Waals surface area contributed by atoms with Crippen LogP contribution in [0.15, 0.2) is 41.3 Å². The van der Waals surface area contributed by atoms with Gasteiger partial charge in [-0.1, -0.05) is 11.6 Å². The number of methoxy groups -OCH3 is 2. The molecule has 1 amide bonds. The number of hydrogen-bond acceptors (Lipinski definition) is 5. The third-order valence-electron chi connectivity index (χ3n) is 3.94. The number of halogens is 4. The highest BCUT2D eigenvalue weighted by Gasteiger charge is 2.35. The number of amides is 1. The van der Waals surface area contributed by atoms with Crippen molar-refractivity contribution in [2.24, 2.45) is 0 Å². The standard InChI is InChI=1S/C18H18ClF3N2O5S/c1-10(17(25)23-14-6-4-11(19)8-13(14)18(20,21)22)24-30(26,27)12-5-7-15(28-2)16(9-12)29-3/h4-10,24H,1-3H3,(H,23,25)/t10-/m0/s1. The van der Waals surface area contributed by atoms with Crippen LogP contribution in [-0.2, 0) is 21.0 Å². The predicted molar refractivity (Wildman–Crippen MR) is 104 cm³/mol. The number of benzene rings is 2. The van der Waals surface area contributed by atoms with Crippen LogP contribution < -0.4 is 19.5 Å². The minimum absolute atomic E-state index is 0.147. The van der Waals surface area contributed by atoms with Crippen LogP contribution in [0, 0.1) is 0 Å². The second-order valence-corrected chi connectivity index (χ2v) is 8.19. The van der Waals surface area contributed by atoms with E-state index in [-0.39, 0.29) is 15.7 Å². The molecule has 2 aromatic carbocycles. The number of alkyl halides is 3. The van der Waals surface area contributed by atoms with Gasteiger partial charge >= 0.3 is 6.18 Å². The monoisotopic (exact) mass is 466 g/mol. The Kier molecular flexibility index (Phi) is 7.22. The lowest BCUT2D eigenvalue weighted by molar-refractivity contribution is -0.137. The Morgan fingerprint density at radius 1 is 1.07 bits per heavy atom. The molecule has 2 N–H and O–H groups in total. The maximum atomic E-state index is 13.2. The molecule has 0 aliphatic heterocycles. The number of hydrogen-bond donors (Lipinski definition) is 2. The van der Waals surface area contributed by atoms with Gasteiger partial charge in [0.1, 0.15) is 0 Å². The number of ether oxygens (including phenoxy) is 2. The minimum Gasteiger partial charge on any atom is -0.493 e. The minimum atomic E-state index is -4.77. The summed E-state index contributed by atoms with van der Waals surface area (Å²) in [5, 5.41) is 1.91. The maximum Gasteiger partial charge on any atom is 0.418 e. The molecule has 7 nitrogen and oxygen atoms in total. The van der Waals surface area contributed by atoms with Crippen molar-refractivity contribution in [3.63, 3.8) is 0 Å². The molecule has 0 fully saturated rings. The second-order valence-electron chi connectivity index (χ2n) is 6.04. The number of rotatable bonds is 7. The molecule has 0 aromatic heterocycles. The van der Waals surface area contributed by atoms with Crippen molar-refractivity contribution in [1.82, 2.24) is 4.72 Å². The Hall–Kier alpha value is -2.50. The highest BCUT2D eigenvalue weighted by atomic mass is 35.5. The summed E-state index contributed by atoms with van der Waals surface area (Å²) in [7, 11) is -1.49. The third-order valence-corrected chi connectivity index (χ3v) is 5.71. The third kappa shape index (κ3) is 5.55. The van der Waals surface area contributed by atoms with E-state index in [2.05, 4.69) is 10.0 Å². The summed E-state index contributed by atoms with van der Waals surface area (Å²) in [4.78, 5) is 12.1. The van der Waals surface area contributed by atoms with Gasteiger partial charge in [-0.2, -0.15) is 17.9 Å². The van der Waals surface area contributed by atoms with Crippen LogP contribution in [0.3, 0.4) is 0 Å². The number of nitrogens with one attached hydrogen (secondary N) is 2. The van der Waals surface area contributed by atoms with Crippen molar-refractivity contribution < 1.29 is 35.9 Å². The van der Waals surface area contributed by atoms with E-state index in [0.717, 1.165) is 6.07 Å². The highest BCUT2D eigenvalue weighted by molar-refractivity contribution is 7.89. The van der Waals surface area contributed by atoms with Crippen LogP contribution in [0.2, 0.25) is 5.02 Å². The van der Waals surface area contributed by atoms with E-state index < -0.39 is 39.4 Å². The Bertz CT molecular complexity index is 1040.